The molecular formula is C20H13IN2O2. The second-order valence-corrected chi connectivity index (χ2v) is 6.33. The highest BCUT2D eigenvalue weighted by Gasteiger charge is 2.12. The fourth-order valence-corrected chi connectivity index (χ4v) is 2.75. The first kappa shape index (κ1) is 17.0. The zero-order valence-corrected chi connectivity index (χ0v) is 15.2. The number of carbonyl (C=O) groups excluding carboxylic acids is 1. The molecule has 0 fully saturated rings. The van der Waals surface area contributed by atoms with E-state index in [1.54, 1.807) is 12.1 Å². The summed E-state index contributed by atoms with van der Waals surface area (Å²) >= 11 is 2.13. The van der Waals surface area contributed by atoms with Crippen molar-refractivity contribution in [2.24, 2.45) is 0 Å². The van der Waals surface area contributed by atoms with Crippen molar-refractivity contribution in [2.45, 2.75) is 0 Å². The Balaban J connectivity index is 1.81. The van der Waals surface area contributed by atoms with Gasteiger partial charge in [0.2, 0.25) is 0 Å². The van der Waals surface area contributed by atoms with Crippen LogP contribution in [0.4, 0.5) is 5.69 Å². The summed E-state index contributed by atoms with van der Waals surface area (Å²) in [6.45, 7) is 0. The summed E-state index contributed by atoms with van der Waals surface area (Å²) in [7, 11) is 0. The van der Waals surface area contributed by atoms with Gasteiger partial charge in [0.1, 0.15) is 23.2 Å². The van der Waals surface area contributed by atoms with Gasteiger partial charge in [-0.25, -0.2) is 0 Å². The van der Waals surface area contributed by atoms with Crippen LogP contribution in [0.1, 0.15) is 5.76 Å². The highest BCUT2D eigenvalue weighted by Crippen LogP contribution is 2.23. The van der Waals surface area contributed by atoms with Crippen molar-refractivity contribution in [3.63, 3.8) is 0 Å². The zero-order valence-electron chi connectivity index (χ0n) is 13.1. The zero-order chi connectivity index (χ0) is 17.6. The molecule has 0 aliphatic heterocycles. The van der Waals surface area contributed by atoms with E-state index in [1.165, 1.54) is 6.08 Å². The van der Waals surface area contributed by atoms with Gasteiger partial charge in [-0.2, -0.15) is 5.26 Å². The Morgan fingerprint density at radius 2 is 1.76 bits per heavy atom. The number of carbonyl (C=O) groups is 1. The number of amides is 1. The van der Waals surface area contributed by atoms with Gasteiger partial charge in [-0.15, -0.1) is 0 Å². The third-order valence-electron chi connectivity index (χ3n) is 3.46. The Kier molecular flexibility index (Phi) is 5.31. The van der Waals surface area contributed by atoms with E-state index in [1.807, 2.05) is 60.7 Å². The second-order valence-electron chi connectivity index (χ2n) is 5.17. The maximum atomic E-state index is 12.3. The average Bonchev–Trinajstić information content (AvgIpc) is 3.11. The van der Waals surface area contributed by atoms with E-state index in [2.05, 4.69) is 27.9 Å². The van der Waals surface area contributed by atoms with Crippen molar-refractivity contribution >= 4 is 40.3 Å². The molecule has 5 heteroatoms. The first-order valence-electron chi connectivity index (χ1n) is 7.50. The Morgan fingerprint density at radius 3 is 2.48 bits per heavy atom. The maximum absolute atomic E-state index is 12.3. The minimum absolute atomic E-state index is 0.0198. The van der Waals surface area contributed by atoms with E-state index >= 15 is 0 Å². The summed E-state index contributed by atoms with van der Waals surface area (Å²) < 4.78 is 6.62. The summed E-state index contributed by atoms with van der Waals surface area (Å²) in [4.78, 5) is 12.3. The van der Waals surface area contributed by atoms with Gasteiger partial charge < -0.3 is 9.73 Å². The lowest BCUT2D eigenvalue weighted by molar-refractivity contribution is -0.112. The lowest BCUT2D eigenvalue weighted by Crippen LogP contribution is -2.14. The predicted octanol–water partition coefficient (Wildman–Crippen LogP) is 5.10. The third-order valence-corrected chi connectivity index (χ3v) is 4.40. The van der Waals surface area contributed by atoms with Crippen LogP contribution in [0.15, 0.2) is 76.7 Å². The molecule has 2 aromatic carbocycles. The van der Waals surface area contributed by atoms with E-state index in [0.717, 1.165) is 9.13 Å². The van der Waals surface area contributed by atoms with Crippen LogP contribution in [0.25, 0.3) is 17.4 Å². The van der Waals surface area contributed by atoms with Crippen LogP contribution >= 0.6 is 22.6 Å². The van der Waals surface area contributed by atoms with Crippen molar-refractivity contribution in [3.05, 3.63) is 81.6 Å². The maximum Gasteiger partial charge on any atom is 0.266 e. The Labute approximate surface area is 158 Å². The quantitative estimate of drug-likeness (QED) is 0.349. The normalized spacial score (nSPS) is 11.0. The number of nitriles is 1. The molecule has 4 nitrogen and oxygen atoms in total. The number of para-hydroxylation sites is 1. The summed E-state index contributed by atoms with van der Waals surface area (Å²) in [5, 5.41) is 12.0. The fraction of sp³-hybridized carbons (Fsp3) is 0. The van der Waals surface area contributed by atoms with Gasteiger partial charge in [0.05, 0.1) is 5.69 Å². The van der Waals surface area contributed by atoms with Gasteiger partial charge >= 0.3 is 0 Å². The lowest BCUT2D eigenvalue weighted by atomic mass is 10.2. The van der Waals surface area contributed by atoms with Crippen molar-refractivity contribution in [2.75, 3.05) is 5.32 Å². The van der Waals surface area contributed by atoms with Crippen LogP contribution in [0.5, 0.6) is 0 Å². The number of rotatable bonds is 4. The third kappa shape index (κ3) is 4.17. The molecule has 0 saturated heterocycles. The number of nitrogens with zero attached hydrogens (tertiary/aromatic N) is 1. The minimum Gasteiger partial charge on any atom is -0.457 e. The Morgan fingerprint density at radius 1 is 1.04 bits per heavy atom. The molecule has 1 amide bonds. The highest BCUT2D eigenvalue weighted by atomic mass is 127. The summed E-state index contributed by atoms with van der Waals surface area (Å²) in [6, 6.07) is 22.5. The number of halogens is 1. The van der Waals surface area contributed by atoms with E-state index in [0.29, 0.717) is 17.2 Å². The average molecular weight is 440 g/mol. The Bertz CT molecular complexity index is 969. The molecule has 0 unspecified atom stereocenters. The monoisotopic (exact) mass is 440 g/mol. The second kappa shape index (κ2) is 7.81. The van der Waals surface area contributed by atoms with E-state index in [-0.39, 0.29) is 5.57 Å². The molecule has 122 valence electrons. The molecule has 0 aliphatic carbocycles. The number of nitrogens with one attached hydrogen (secondary N) is 1. The van der Waals surface area contributed by atoms with Gasteiger partial charge in [-0.1, -0.05) is 42.5 Å². The van der Waals surface area contributed by atoms with E-state index in [9.17, 15) is 10.1 Å². The molecule has 0 radical (unpaired) electrons. The van der Waals surface area contributed by atoms with E-state index in [4.69, 9.17) is 4.42 Å². The molecule has 3 rings (SSSR count). The van der Waals surface area contributed by atoms with Gasteiger partial charge in [-0.05, 0) is 46.9 Å². The fourth-order valence-electron chi connectivity index (χ4n) is 2.23. The molecular weight excluding hydrogens is 427 g/mol. The molecule has 0 spiro atoms. The molecule has 1 N–H and O–H groups in total. The van der Waals surface area contributed by atoms with Crippen molar-refractivity contribution in [1.82, 2.24) is 0 Å². The van der Waals surface area contributed by atoms with Crippen LogP contribution in [-0.2, 0) is 4.79 Å². The number of anilines is 1. The molecule has 0 bridgehead atoms. The van der Waals surface area contributed by atoms with E-state index < -0.39 is 5.91 Å². The van der Waals surface area contributed by atoms with Crippen LogP contribution in [0, 0.1) is 14.9 Å². The number of hydrogen-bond donors (Lipinski definition) is 1. The summed E-state index contributed by atoms with van der Waals surface area (Å²) in [5.41, 5.74) is 1.58. The summed E-state index contributed by atoms with van der Waals surface area (Å²) in [5.74, 6) is 0.666. The summed E-state index contributed by atoms with van der Waals surface area (Å²) in [6.07, 6.45) is 1.44. The van der Waals surface area contributed by atoms with Gasteiger partial charge in [-0.3, -0.25) is 4.79 Å². The largest absolute Gasteiger partial charge is 0.457 e. The van der Waals surface area contributed by atoms with Crippen LogP contribution in [0.2, 0.25) is 0 Å². The molecule has 0 aliphatic rings. The predicted molar refractivity (Wildman–Crippen MR) is 106 cm³/mol. The van der Waals surface area contributed by atoms with Crippen LogP contribution in [0.3, 0.4) is 0 Å². The topological polar surface area (TPSA) is 66.0 Å². The van der Waals surface area contributed by atoms with Crippen molar-refractivity contribution < 1.29 is 9.21 Å². The van der Waals surface area contributed by atoms with Gasteiger partial charge in [0.15, 0.2) is 0 Å². The molecule has 0 saturated carbocycles. The first-order valence-corrected chi connectivity index (χ1v) is 8.58. The van der Waals surface area contributed by atoms with Crippen LogP contribution < -0.4 is 5.32 Å². The SMILES string of the molecule is N#C/C(=C\c1ccc(-c2ccccc2)o1)C(=O)Nc1ccccc1I. The van der Waals surface area contributed by atoms with Crippen LogP contribution in [-0.4, -0.2) is 5.91 Å². The molecule has 0 atom stereocenters. The van der Waals surface area contributed by atoms with Gasteiger partial charge in [0, 0.05) is 15.2 Å². The number of hydrogen-bond acceptors (Lipinski definition) is 3. The smallest absolute Gasteiger partial charge is 0.266 e. The van der Waals surface area contributed by atoms with Crippen molar-refractivity contribution in [1.29, 1.82) is 5.26 Å². The molecule has 1 aromatic heterocycles. The molecule has 25 heavy (non-hydrogen) atoms. The highest BCUT2D eigenvalue weighted by molar-refractivity contribution is 14.1. The number of benzene rings is 2. The van der Waals surface area contributed by atoms with Gasteiger partial charge in [0.25, 0.3) is 5.91 Å². The molecule has 1 heterocycles. The number of furan rings is 1. The Hall–Kier alpha value is -2.85. The van der Waals surface area contributed by atoms with Crippen molar-refractivity contribution in [3.8, 4) is 17.4 Å². The standard InChI is InChI=1S/C20H13IN2O2/c21-17-8-4-5-9-18(17)23-20(24)15(13-22)12-16-10-11-19(25-16)14-6-2-1-3-7-14/h1-12H,(H,23,24)/b15-12+. The molecule has 3 aromatic rings. The minimum atomic E-state index is -0.468. The lowest BCUT2D eigenvalue weighted by Gasteiger charge is -2.05. The first-order chi connectivity index (χ1) is 12.2.